The third-order valence-electron chi connectivity index (χ3n) is 4.66. The number of rotatable bonds is 5. The largest absolute Gasteiger partial charge is 0.465 e. The van der Waals surface area contributed by atoms with E-state index < -0.39 is 17.9 Å². The van der Waals surface area contributed by atoms with Gasteiger partial charge in [0.05, 0.1) is 38.2 Å². The van der Waals surface area contributed by atoms with Gasteiger partial charge in [-0.25, -0.2) is 14.4 Å². The highest BCUT2D eigenvalue weighted by Crippen LogP contribution is 2.38. The lowest BCUT2D eigenvalue weighted by molar-refractivity contribution is -0.139. The zero-order valence-electron chi connectivity index (χ0n) is 17.3. The Morgan fingerprint density at radius 1 is 0.742 bits per heavy atom. The lowest BCUT2D eigenvalue weighted by Crippen LogP contribution is -2.27. The Kier molecular flexibility index (Phi) is 6.67. The van der Waals surface area contributed by atoms with Crippen molar-refractivity contribution < 1.29 is 28.6 Å². The van der Waals surface area contributed by atoms with E-state index >= 15 is 0 Å². The summed E-state index contributed by atoms with van der Waals surface area (Å²) < 4.78 is 14.8. The van der Waals surface area contributed by atoms with Gasteiger partial charge in [-0.05, 0) is 29.8 Å². The molecular formula is C24H21NO6. The molecule has 0 aliphatic carbocycles. The summed E-state index contributed by atoms with van der Waals surface area (Å²) in [5, 5.41) is 0. The predicted molar refractivity (Wildman–Crippen MR) is 115 cm³/mol. The van der Waals surface area contributed by atoms with Crippen molar-refractivity contribution in [2.75, 3.05) is 26.2 Å². The maximum absolute atomic E-state index is 12.8. The first-order valence-corrected chi connectivity index (χ1v) is 9.35. The van der Waals surface area contributed by atoms with Crippen molar-refractivity contribution in [1.82, 2.24) is 0 Å². The molecule has 1 aliphatic heterocycles. The summed E-state index contributed by atoms with van der Waals surface area (Å²) in [6.45, 7) is 0. The van der Waals surface area contributed by atoms with Gasteiger partial charge in [0.15, 0.2) is 0 Å². The molecule has 1 aliphatic rings. The SMILES string of the molecule is COC(=O)C1=C(C(=O)OC)N(c2cccc(C(=O)OC)c2-c2ccccc2)C=CC=C1. The topological polar surface area (TPSA) is 82.1 Å². The van der Waals surface area contributed by atoms with E-state index in [1.165, 1.54) is 32.3 Å². The Balaban J connectivity index is 2.36. The van der Waals surface area contributed by atoms with Gasteiger partial charge < -0.3 is 19.1 Å². The van der Waals surface area contributed by atoms with Crippen LogP contribution < -0.4 is 4.90 Å². The number of hydrogen-bond donors (Lipinski definition) is 0. The number of carbonyl (C=O) groups excluding carboxylic acids is 3. The fraction of sp³-hybridized carbons (Fsp3) is 0.125. The second-order valence-electron chi connectivity index (χ2n) is 6.37. The minimum absolute atomic E-state index is 0.0156. The number of carbonyl (C=O) groups is 3. The molecule has 0 saturated carbocycles. The summed E-state index contributed by atoms with van der Waals surface area (Å²) in [6.07, 6.45) is 6.36. The van der Waals surface area contributed by atoms with Crippen molar-refractivity contribution in [3.05, 3.63) is 89.8 Å². The first kappa shape index (κ1) is 21.6. The number of hydrogen-bond acceptors (Lipinski definition) is 7. The molecular weight excluding hydrogens is 398 g/mol. The summed E-state index contributed by atoms with van der Waals surface area (Å²) in [4.78, 5) is 39.3. The predicted octanol–water partition coefficient (Wildman–Crippen LogP) is 3.63. The smallest absolute Gasteiger partial charge is 0.355 e. The number of methoxy groups -OCH3 is 3. The van der Waals surface area contributed by atoms with Gasteiger partial charge in [0.1, 0.15) is 5.70 Å². The first-order valence-electron chi connectivity index (χ1n) is 9.35. The van der Waals surface area contributed by atoms with Gasteiger partial charge in [-0.1, -0.05) is 42.5 Å². The molecule has 0 atom stereocenters. The molecule has 0 unspecified atom stereocenters. The molecule has 0 saturated heterocycles. The van der Waals surface area contributed by atoms with Crippen LogP contribution in [0.15, 0.2) is 84.2 Å². The number of anilines is 1. The summed E-state index contributed by atoms with van der Waals surface area (Å²) in [6, 6.07) is 14.3. The molecule has 0 fully saturated rings. The van der Waals surface area contributed by atoms with Gasteiger partial charge in [-0.2, -0.15) is 0 Å². The molecule has 158 valence electrons. The van der Waals surface area contributed by atoms with Gasteiger partial charge in [0.2, 0.25) is 0 Å². The number of esters is 3. The van der Waals surface area contributed by atoms with E-state index in [1.54, 1.807) is 36.6 Å². The van der Waals surface area contributed by atoms with E-state index in [4.69, 9.17) is 14.2 Å². The highest BCUT2D eigenvalue weighted by molar-refractivity contribution is 6.08. The van der Waals surface area contributed by atoms with Crippen LogP contribution in [0.5, 0.6) is 0 Å². The van der Waals surface area contributed by atoms with E-state index in [-0.39, 0.29) is 11.3 Å². The molecule has 0 bridgehead atoms. The third kappa shape index (κ3) is 4.25. The highest BCUT2D eigenvalue weighted by Gasteiger charge is 2.30. The van der Waals surface area contributed by atoms with Crippen LogP contribution in [0.4, 0.5) is 5.69 Å². The maximum atomic E-state index is 12.8. The Labute approximate surface area is 179 Å². The molecule has 0 amide bonds. The average Bonchev–Trinajstić information content (AvgIpc) is 3.05. The second kappa shape index (κ2) is 9.58. The van der Waals surface area contributed by atoms with Gasteiger partial charge in [0.25, 0.3) is 0 Å². The summed E-state index contributed by atoms with van der Waals surface area (Å²) in [7, 11) is 3.76. The van der Waals surface area contributed by atoms with Crippen LogP contribution in [0.2, 0.25) is 0 Å². The summed E-state index contributed by atoms with van der Waals surface area (Å²) >= 11 is 0. The second-order valence-corrected chi connectivity index (χ2v) is 6.37. The van der Waals surface area contributed by atoms with E-state index in [2.05, 4.69) is 0 Å². The standard InChI is InChI=1S/C24H21NO6/c1-29-22(26)17-13-9-14-19(20(17)16-10-5-4-6-11-16)25-15-8-7-12-18(23(27)30-2)21(25)24(28)31-3/h4-15H,1-3H3. The van der Waals surface area contributed by atoms with Crippen LogP contribution in [-0.4, -0.2) is 39.2 Å². The number of allylic oxidation sites excluding steroid dienone is 2. The zero-order valence-corrected chi connectivity index (χ0v) is 17.3. The molecule has 0 N–H and O–H groups in total. The molecule has 3 rings (SSSR count). The van der Waals surface area contributed by atoms with Crippen LogP contribution >= 0.6 is 0 Å². The molecule has 0 spiro atoms. The molecule has 7 heteroatoms. The third-order valence-corrected chi connectivity index (χ3v) is 4.66. The Morgan fingerprint density at radius 3 is 2.06 bits per heavy atom. The average molecular weight is 419 g/mol. The molecule has 0 radical (unpaired) electrons. The van der Waals surface area contributed by atoms with Crippen LogP contribution in [0.3, 0.4) is 0 Å². The molecule has 2 aromatic carbocycles. The lowest BCUT2D eigenvalue weighted by atomic mass is 9.96. The van der Waals surface area contributed by atoms with Gasteiger partial charge >= 0.3 is 17.9 Å². The Morgan fingerprint density at radius 2 is 1.42 bits per heavy atom. The van der Waals surface area contributed by atoms with Crippen LogP contribution in [0, 0.1) is 0 Å². The fourth-order valence-electron chi connectivity index (χ4n) is 3.28. The minimum atomic E-state index is -0.737. The quantitative estimate of drug-likeness (QED) is 0.541. The van der Waals surface area contributed by atoms with Crippen molar-refractivity contribution >= 4 is 23.6 Å². The molecule has 7 nitrogen and oxygen atoms in total. The monoisotopic (exact) mass is 419 g/mol. The Bertz CT molecular complexity index is 1100. The van der Waals surface area contributed by atoms with Crippen molar-refractivity contribution in [1.29, 1.82) is 0 Å². The molecule has 1 heterocycles. The molecule has 31 heavy (non-hydrogen) atoms. The number of ether oxygens (including phenoxy) is 3. The normalized spacial score (nSPS) is 12.9. The number of benzene rings is 2. The maximum Gasteiger partial charge on any atom is 0.355 e. The van der Waals surface area contributed by atoms with Crippen LogP contribution in [0.25, 0.3) is 11.1 Å². The molecule has 0 aromatic heterocycles. The zero-order chi connectivity index (χ0) is 22.4. The summed E-state index contributed by atoms with van der Waals surface area (Å²) in [5.41, 5.74) is 2.02. The van der Waals surface area contributed by atoms with E-state index in [9.17, 15) is 14.4 Å². The van der Waals surface area contributed by atoms with Gasteiger partial charge in [-0.15, -0.1) is 0 Å². The van der Waals surface area contributed by atoms with Gasteiger partial charge in [0, 0.05) is 11.8 Å². The number of nitrogens with zero attached hydrogens (tertiary/aromatic N) is 1. The van der Waals surface area contributed by atoms with E-state index in [0.717, 1.165) is 5.56 Å². The van der Waals surface area contributed by atoms with E-state index in [1.807, 2.05) is 30.3 Å². The highest BCUT2D eigenvalue weighted by atomic mass is 16.5. The van der Waals surface area contributed by atoms with Gasteiger partial charge in [-0.3, -0.25) is 0 Å². The van der Waals surface area contributed by atoms with Crippen molar-refractivity contribution in [2.24, 2.45) is 0 Å². The van der Waals surface area contributed by atoms with E-state index in [0.29, 0.717) is 16.8 Å². The van der Waals surface area contributed by atoms with Crippen molar-refractivity contribution in [3.8, 4) is 11.1 Å². The fourth-order valence-corrected chi connectivity index (χ4v) is 3.28. The summed E-state index contributed by atoms with van der Waals surface area (Å²) in [5.74, 6) is -1.97. The first-order chi connectivity index (χ1) is 15.0. The van der Waals surface area contributed by atoms with Crippen LogP contribution in [-0.2, 0) is 23.8 Å². The minimum Gasteiger partial charge on any atom is -0.465 e. The molecule has 2 aromatic rings. The van der Waals surface area contributed by atoms with Crippen LogP contribution in [0.1, 0.15) is 10.4 Å². The van der Waals surface area contributed by atoms with Crippen molar-refractivity contribution in [3.63, 3.8) is 0 Å². The van der Waals surface area contributed by atoms with Crippen molar-refractivity contribution in [2.45, 2.75) is 0 Å². The lowest BCUT2D eigenvalue weighted by Gasteiger charge is -2.26. The Hall–Kier alpha value is -4.13.